The van der Waals surface area contributed by atoms with Gasteiger partial charge in [-0.1, -0.05) is 23.4 Å². The number of nitrogens with zero attached hydrogens (tertiary/aromatic N) is 3. The van der Waals surface area contributed by atoms with Crippen LogP contribution in [0.2, 0.25) is 0 Å². The SMILES string of the molecule is COc1ccc(CNC(=O)Cn2nnc3ccccc32)cc1C(=O)O. The highest BCUT2D eigenvalue weighted by Crippen LogP contribution is 2.19. The number of benzene rings is 2. The molecule has 1 aromatic heterocycles. The number of ether oxygens (including phenoxy) is 1. The molecule has 0 aliphatic heterocycles. The van der Waals surface area contributed by atoms with Crippen molar-refractivity contribution in [3.05, 3.63) is 53.6 Å². The van der Waals surface area contributed by atoms with Crippen LogP contribution in [0.25, 0.3) is 11.0 Å². The summed E-state index contributed by atoms with van der Waals surface area (Å²) in [4.78, 5) is 23.3. The van der Waals surface area contributed by atoms with Crippen LogP contribution < -0.4 is 10.1 Å². The first kappa shape index (κ1) is 16.4. The van der Waals surface area contributed by atoms with Crippen LogP contribution in [0.1, 0.15) is 15.9 Å². The standard InChI is InChI=1S/C17H16N4O4/c1-25-15-7-6-11(8-12(15)17(23)24)9-18-16(22)10-21-14-5-3-2-4-13(14)19-20-21/h2-8H,9-10H2,1H3,(H,18,22)(H,23,24). The van der Waals surface area contributed by atoms with Crippen LogP contribution in [0, 0.1) is 0 Å². The molecule has 0 saturated heterocycles. The molecule has 0 atom stereocenters. The zero-order valence-corrected chi connectivity index (χ0v) is 13.5. The first-order valence-electron chi connectivity index (χ1n) is 7.53. The first-order chi connectivity index (χ1) is 12.1. The Bertz CT molecular complexity index is 935. The Balaban J connectivity index is 1.66. The van der Waals surface area contributed by atoms with E-state index in [1.165, 1.54) is 17.9 Å². The minimum absolute atomic E-state index is 0.0302. The third-order valence-electron chi connectivity index (χ3n) is 3.70. The van der Waals surface area contributed by atoms with Gasteiger partial charge in [0.05, 0.1) is 12.6 Å². The van der Waals surface area contributed by atoms with Crippen LogP contribution in [-0.2, 0) is 17.9 Å². The van der Waals surface area contributed by atoms with Crippen molar-refractivity contribution >= 4 is 22.9 Å². The largest absolute Gasteiger partial charge is 0.496 e. The van der Waals surface area contributed by atoms with E-state index in [0.717, 1.165) is 11.0 Å². The summed E-state index contributed by atoms with van der Waals surface area (Å²) in [7, 11) is 1.41. The Morgan fingerprint density at radius 2 is 2.04 bits per heavy atom. The molecule has 0 radical (unpaired) electrons. The smallest absolute Gasteiger partial charge is 0.339 e. The molecular formula is C17H16N4O4. The van der Waals surface area contributed by atoms with E-state index in [2.05, 4.69) is 15.6 Å². The minimum atomic E-state index is -1.08. The second-order valence-electron chi connectivity index (χ2n) is 5.35. The van der Waals surface area contributed by atoms with E-state index in [9.17, 15) is 14.7 Å². The molecule has 25 heavy (non-hydrogen) atoms. The van der Waals surface area contributed by atoms with Crippen LogP contribution in [0.3, 0.4) is 0 Å². The number of carboxylic acid groups (broad SMARTS) is 1. The lowest BCUT2D eigenvalue weighted by Crippen LogP contribution is -2.27. The molecule has 0 aliphatic carbocycles. The van der Waals surface area contributed by atoms with Crippen LogP contribution in [0.15, 0.2) is 42.5 Å². The van der Waals surface area contributed by atoms with Gasteiger partial charge in [-0.05, 0) is 29.8 Å². The van der Waals surface area contributed by atoms with E-state index in [1.807, 2.05) is 24.3 Å². The van der Waals surface area contributed by atoms with Crippen LogP contribution in [0.5, 0.6) is 5.75 Å². The lowest BCUT2D eigenvalue weighted by atomic mass is 10.1. The molecule has 2 N–H and O–H groups in total. The summed E-state index contributed by atoms with van der Waals surface area (Å²) < 4.78 is 6.53. The Kier molecular flexibility index (Phi) is 4.60. The van der Waals surface area contributed by atoms with Crippen molar-refractivity contribution in [1.82, 2.24) is 20.3 Å². The second-order valence-corrected chi connectivity index (χ2v) is 5.35. The average molecular weight is 340 g/mol. The number of carbonyl (C=O) groups is 2. The van der Waals surface area contributed by atoms with Crippen molar-refractivity contribution in [2.45, 2.75) is 13.1 Å². The number of hydrogen-bond donors (Lipinski definition) is 2. The molecule has 0 unspecified atom stereocenters. The van der Waals surface area contributed by atoms with Gasteiger partial charge in [-0.15, -0.1) is 5.10 Å². The highest BCUT2D eigenvalue weighted by atomic mass is 16.5. The summed E-state index contributed by atoms with van der Waals surface area (Å²) >= 11 is 0. The molecule has 0 fully saturated rings. The van der Waals surface area contributed by atoms with Crippen LogP contribution in [0.4, 0.5) is 0 Å². The van der Waals surface area contributed by atoms with Gasteiger partial charge in [-0.2, -0.15) is 0 Å². The Morgan fingerprint density at radius 3 is 2.80 bits per heavy atom. The van der Waals surface area contributed by atoms with E-state index in [4.69, 9.17) is 4.74 Å². The van der Waals surface area contributed by atoms with E-state index in [1.54, 1.807) is 12.1 Å². The monoisotopic (exact) mass is 340 g/mol. The van der Waals surface area contributed by atoms with Crippen molar-refractivity contribution in [2.24, 2.45) is 0 Å². The fourth-order valence-electron chi connectivity index (χ4n) is 2.46. The molecule has 128 valence electrons. The molecule has 0 aliphatic rings. The van der Waals surface area contributed by atoms with Gasteiger partial charge in [0.2, 0.25) is 5.91 Å². The lowest BCUT2D eigenvalue weighted by molar-refractivity contribution is -0.121. The van der Waals surface area contributed by atoms with Crippen molar-refractivity contribution in [2.75, 3.05) is 7.11 Å². The fraction of sp³-hybridized carbons (Fsp3) is 0.176. The van der Waals surface area contributed by atoms with E-state index in [0.29, 0.717) is 5.56 Å². The number of aromatic carboxylic acids is 1. The molecule has 0 bridgehead atoms. The molecule has 1 amide bonds. The number of rotatable bonds is 6. The van der Waals surface area contributed by atoms with Crippen LogP contribution in [-0.4, -0.2) is 39.1 Å². The summed E-state index contributed by atoms with van der Waals surface area (Å²) in [5.74, 6) is -1.06. The highest BCUT2D eigenvalue weighted by molar-refractivity contribution is 5.91. The molecule has 0 spiro atoms. The van der Waals surface area contributed by atoms with Crippen molar-refractivity contribution in [3.63, 3.8) is 0 Å². The maximum Gasteiger partial charge on any atom is 0.339 e. The van der Waals surface area contributed by atoms with Gasteiger partial charge in [-0.3, -0.25) is 4.79 Å². The van der Waals surface area contributed by atoms with E-state index < -0.39 is 5.97 Å². The topological polar surface area (TPSA) is 106 Å². The second kappa shape index (κ2) is 7.00. The normalized spacial score (nSPS) is 10.6. The molecule has 0 saturated carbocycles. The fourth-order valence-corrected chi connectivity index (χ4v) is 2.46. The van der Waals surface area contributed by atoms with E-state index >= 15 is 0 Å². The number of carbonyl (C=O) groups excluding carboxylic acids is 1. The molecule has 8 heteroatoms. The number of amides is 1. The molecule has 3 rings (SSSR count). The van der Waals surface area contributed by atoms with Crippen LogP contribution >= 0.6 is 0 Å². The number of carboxylic acids is 1. The Labute approximate surface area is 143 Å². The molecule has 3 aromatic rings. The van der Waals surface area contributed by atoms with Crippen molar-refractivity contribution < 1.29 is 19.4 Å². The summed E-state index contributed by atoms with van der Waals surface area (Å²) in [6, 6.07) is 12.1. The van der Waals surface area contributed by atoms with E-state index in [-0.39, 0.29) is 30.3 Å². The quantitative estimate of drug-likeness (QED) is 0.703. The first-order valence-corrected chi connectivity index (χ1v) is 7.53. The number of aromatic nitrogens is 3. The maximum absolute atomic E-state index is 12.1. The summed E-state index contributed by atoms with van der Waals surface area (Å²) in [6.07, 6.45) is 0. The summed E-state index contributed by atoms with van der Waals surface area (Å²) in [5.41, 5.74) is 2.21. The number of para-hydroxylation sites is 1. The van der Waals surface area contributed by atoms with Crippen molar-refractivity contribution in [3.8, 4) is 5.75 Å². The lowest BCUT2D eigenvalue weighted by Gasteiger charge is -2.09. The molecule has 2 aromatic carbocycles. The zero-order chi connectivity index (χ0) is 17.8. The number of nitrogens with one attached hydrogen (secondary N) is 1. The van der Waals surface area contributed by atoms with Gasteiger partial charge in [0.25, 0.3) is 0 Å². The summed E-state index contributed by atoms with van der Waals surface area (Å²) in [5, 5.41) is 19.9. The molecule has 8 nitrogen and oxygen atoms in total. The average Bonchev–Trinajstić information content (AvgIpc) is 3.02. The van der Waals surface area contributed by atoms with Gasteiger partial charge >= 0.3 is 5.97 Å². The maximum atomic E-state index is 12.1. The minimum Gasteiger partial charge on any atom is -0.496 e. The number of methoxy groups -OCH3 is 1. The predicted octanol–water partition coefficient (Wildman–Crippen LogP) is 1.45. The third kappa shape index (κ3) is 3.57. The van der Waals surface area contributed by atoms with Gasteiger partial charge in [-0.25, -0.2) is 9.48 Å². The number of fused-ring (bicyclic) bond motifs is 1. The molecular weight excluding hydrogens is 324 g/mol. The summed E-state index contributed by atoms with van der Waals surface area (Å²) in [6.45, 7) is 0.234. The molecule has 1 heterocycles. The van der Waals surface area contributed by atoms with Gasteiger partial charge in [0.15, 0.2) is 0 Å². The predicted molar refractivity (Wildman–Crippen MR) is 89.3 cm³/mol. The Hall–Kier alpha value is -3.42. The van der Waals surface area contributed by atoms with Gasteiger partial charge < -0.3 is 15.2 Å². The third-order valence-corrected chi connectivity index (χ3v) is 3.70. The van der Waals surface area contributed by atoms with Gasteiger partial charge in [0, 0.05) is 6.54 Å². The number of hydrogen-bond acceptors (Lipinski definition) is 5. The highest BCUT2D eigenvalue weighted by Gasteiger charge is 2.13. The van der Waals surface area contributed by atoms with Crippen molar-refractivity contribution in [1.29, 1.82) is 0 Å². The zero-order valence-electron chi connectivity index (χ0n) is 13.5. The van der Waals surface area contributed by atoms with Gasteiger partial charge in [0.1, 0.15) is 23.4 Å². The Morgan fingerprint density at radius 1 is 1.24 bits per heavy atom.